The van der Waals surface area contributed by atoms with E-state index in [0.29, 0.717) is 17.9 Å². The molecule has 1 aliphatic heterocycles. The summed E-state index contributed by atoms with van der Waals surface area (Å²) in [6, 6.07) is 11.1. The molecular formula is C18H22N5O2+. The summed E-state index contributed by atoms with van der Waals surface area (Å²) < 4.78 is 2.68. The average molecular weight is 340 g/mol. The van der Waals surface area contributed by atoms with E-state index in [-0.39, 0.29) is 23.8 Å². The van der Waals surface area contributed by atoms with Crippen molar-refractivity contribution in [2.45, 2.75) is 25.4 Å². The highest BCUT2D eigenvalue weighted by Gasteiger charge is 2.23. The molecule has 0 bridgehead atoms. The number of rotatable bonds is 3. The van der Waals surface area contributed by atoms with E-state index in [0.717, 1.165) is 29.5 Å². The minimum Gasteiger partial charge on any atom is -0.354 e. The summed E-state index contributed by atoms with van der Waals surface area (Å²) in [5, 5.41) is 9.31. The van der Waals surface area contributed by atoms with Crippen molar-refractivity contribution in [3.63, 3.8) is 0 Å². The molecular weight excluding hydrogens is 318 g/mol. The Morgan fingerprint density at radius 3 is 2.80 bits per heavy atom. The number of quaternary nitrogens is 1. The molecule has 0 unspecified atom stereocenters. The molecule has 0 radical (unpaired) electrons. The minimum absolute atomic E-state index is 0.254. The molecule has 1 saturated heterocycles. The maximum atomic E-state index is 12.7. The molecule has 7 nitrogen and oxygen atoms in total. The molecule has 0 saturated carbocycles. The van der Waals surface area contributed by atoms with Gasteiger partial charge in [0.15, 0.2) is 0 Å². The standard InChI is InChI=1S/C18H21N5O2/c1-21-17(24)9-16(22-8-4-7-15(20)12-22)23(18(21)25)11-14-6-3-2-5-13(14)10-19/h2-3,5-6,9,15H,4,7-8,11-12,20H2,1H3/p+1/t15-/m1/s1. The Balaban J connectivity index is 2.11. The first-order valence-electron chi connectivity index (χ1n) is 8.38. The van der Waals surface area contributed by atoms with Crippen LogP contribution < -0.4 is 21.9 Å². The molecule has 2 aromatic rings. The van der Waals surface area contributed by atoms with Gasteiger partial charge in [-0.1, -0.05) is 18.2 Å². The van der Waals surface area contributed by atoms with Gasteiger partial charge in [0.1, 0.15) is 11.9 Å². The molecule has 2 heterocycles. The first-order valence-corrected chi connectivity index (χ1v) is 8.38. The monoisotopic (exact) mass is 340 g/mol. The summed E-state index contributed by atoms with van der Waals surface area (Å²) >= 11 is 0. The van der Waals surface area contributed by atoms with Gasteiger partial charge in [-0.25, -0.2) is 4.79 Å². The molecule has 1 aromatic carbocycles. The van der Waals surface area contributed by atoms with Crippen molar-refractivity contribution < 1.29 is 5.73 Å². The maximum Gasteiger partial charge on any atom is 0.332 e. The molecule has 0 spiro atoms. The minimum atomic E-state index is -0.374. The molecule has 1 aliphatic rings. The Morgan fingerprint density at radius 2 is 2.08 bits per heavy atom. The van der Waals surface area contributed by atoms with Gasteiger partial charge >= 0.3 is 5.69 Å². The van der Waals surface area contributed by atoms with Crippen LogP contribution in [0.25, 0.3) is 0 Å². The van der Waals surface area contributed by atoms with Gasteiger partial charge in [0.05, 0.1) is 24.7 Å². The molecule has 3 rings (SSSR count). The normalized spacial score (nSPS) is 17.3. The predicted octanol–water partition coefficient (Wildman–Crippen LogP) is -0.322. The first kappa shape index (κ1) is 17.0. The number of anilines is 1. The van der Waals surface area contributed by atoms with E-state index >= 15 is 0 Å². The van der Waals surface area contributed by atoms with Crippen molar-refractivity contribution in [3.8, 4) is 6.07 Å². The summed E-state index contributed by atoms with van der Waals surface area (Å²) in [5.74, 6) is 0.606. The summed E-state index contributed by atoms with van der Waals surface area (Å²) in [4.78, 5) is 27.0. The molecule has 1 aromatic heterocycles. The Labute approximate surface area is 145 Å². The Morgan fingerprint density at radius 1 is 1.32 bits per heavy atom. The Kier molecular flexibility index (Phi) is 4.72. The van der Waals surface area contributed by atoms with Crippen LogP contribution in [0, 0.1) is 11.3 Å². The fourth-order valence-corrected chi connectivity index (χ4v) is 3.28. The van der Waals surface area contributed by atoms with Gasteiger partial charge in [-0.3, -0.25) is 13.9 Å². The van der Waals surface area contributed by atoms with Crippen molar-refractivity contribution in [1.29, 1.82) is 5.26 Å². The van der Waals surface area contributed by atoms with Crippen molar-refractivity contribution >= 4 is 5.82 Å². The molecule has 25 heavy (non-hydrogen) atoms. The summed E-state index contributed by atoms with van der Waals surface area (Å²) in [5.41, 5.74) is 4.71. The van der Waals surface area contributed by atoms with Crippen molar-refractivity contribution in [2.75, 3.05) is 18.0 Å². The first-order chi connectivity index (χ1) is 12.0. The van der Waals surface area contributed by atoms with Crippen LogP contribution in [0.1, 0.15) is 24.0 Å². The zero-order valence-corrected chi connectivity index (χ0v) is 14.3. The highest BCUT2D eigenvalue weighted by molar-refractivity contribution is 5.42. The Hall–Kier alpha value is -2.85. The third kappa shape index (κ3) is 3.35. The lowest BCUT2D eigenvalue weighted by Crippen LogP contribution is -2.67. The van der Waals surface area contributed by atoms with Crippen LogP contribution in [0.3, 0.4) is 0 Å². The lowest BCUT2D eigenvalue weighted by Gasteiger charge is -2.32. The number of hydrogen-bond acceptors (Lipinski definition) is 4. The van der Waals surface area contributed by atoms with E-state index in [1.54, 1.807) is 16.7 Å². The number of nitrogens with zero attached hydrogens (tertiary/aromatic N) is 4. The number of piperidine rings is 1. The van der Waals surface area contributed by atoms with Crippen LogP contribution >= 0.6 is 0 Å². The molecule has 130 valence electrons. The third-order valence-electron chi connectivity index (χ3n) is 4.69. The van der Waals surface area contributed by atoms with E-state index in [4.69, 9.17) is 0 Å². The van der Waals surface area contributed by atoms with Crippen molar-refractivity contribution in [1.82, 2.24) is 9.13 Å². The van der Waals surface area contributed by atoms with E-state index in [1.165, 1.54) is 13.1 Å². The van der Waals surface area contributed by atoms with Crippen LogP contribution in [-0.4, -0.2) is 28.3 Å². The van der Waals surface area contributed by atoms with Crippen LogP contribution in [-0.2, 0) is 13.6 Å². The van der Waals surface area contributed by atoms with Gasteiger partial charge < -0.3 is 10.6 Å². The fraction of sp³-hybridized carbons (Fsp3) is 0.389. The van der Waals surface area contributed by atoms with E-state index in [1.807, 2.05) is 12.1 Å². The second-order valence-electron chi connectivity index (χ2n) is 6.49. The lowest BCUT2D eigenvalue weighted by atomic mass is 10.1. The van der Waals surface area contributed by atoms with Gasteiger partial charge in [-0.05, 0) is 18.1 Å². The fourth-order valence-electron chi connectivity index (χ4n) is 3.28. The summed E-state index contributed by atoms with van der Waals surface area (Å²) in [7, 11) is 1.47. The number of aromatic nitrogens is 2. The second-order valence-corrected chi connectivity index (χ2v) is 6.49. The second kappa shape index (κ2) is 6.95. The van der Waals surface area contributed by atoms with Crippen molar-refractivity contribution in [3.05, 3.63) is 62.3 Å². The molecule has 7 heteroatoms. The van der Waals surface area contributed by atoms with Gasteiger partial charge in [-0.15, -0.1) is 0 Å². The van der Waals surface area contributed by atoms with E-state index in [2.05, 4.69) is 16.7 Å². The van der Waals surface area contributed by atoms with Crippen LogP contribution in [0.4, 0.5) is 5.82 Å². The average Bonchev–Trinajstić information content (AvgIpc) is 2.62. The smallest absolute Gasteiger partial charge is 0.332 e. The summed E-state index contributed by atoms with van der Waals surface area (Å²) in [6.07, 6.45) is 2.02. The quantitative estimate of drug-likeness (QED) is 0.828. The zero-order valence-electron chi connectivity index (χ0n) is 14.3. The molecule has 1 fully saturated rings. The summed E-state index contributed by atoms with van der Waals surface area (Å²) in [6.45, 7) is 1.76. The van der Waals surface area contributed by atoms with Crippen LogP contribution in [0.15, 0.2) is 39.9 Å². The van der Waals surface area contributed by atoms with Gasteiger partial charge in [0.25, 0.3) is 5.56 Å². The van der Waals surface area contributed by atoms with Gasteiger partial charge in [0, 0.05) is 26.1 Å². The van der Waals surface area contributed by atoms with E-state index in [9.17, 15) is 14.9 Å². The molecule has 3 N–H and O–H groups in total. The predicted molar refractivity (Wildman–Crippen MR) is 94.3 cm³/mol. The van der Waals surface area contributed by atoms with Crippen molar-refractivity contribution in [2.24, 2.45) is 7.05 Å². The third-order valence-corrected chi connectivity index (χ3v) is 4.69. The lowest BCUT2D eigenvalue weighted by molar-refractivity contribution is -0.419. The van der Waals surface area contributed by atoms with Gasteiger partial charge in [-0.2, -0.15) is 5.26 Å². The molecule has 0 amide bonds. The number of nitriles is 1. The molecule has 1 atom stereocenters. The van der Waals surface area contributed by atoms with Crippen LogP contribution in [0.5, 0.6) is 0 Å². The number of benzene rings is 1. The van der Waals surface area contributed by atoms with E-state index < -0.39 is 0 Å². The highest BCUT2D eigenvalue weighted by atomic mass is 16.2. The zero-order chi connectivity index (χ0) is 18.0. The highest BCUT2D eigenvalue weighted by Crippen LogP contribution is 2.18. The topological polar surface area (TPSA) is 98.7 Å². The molecule has 0 aliphatic carbocycles. The maximum absolute atomic E-state index is 12.7. The van der Waals surface area contributed by atoms with Crippen LogP contribution in [0.2, 0.25) is 0 Å². The largest absolute Gasteiger partial charge is 0.354 e. The number of hydrogen-bond donors (Lipinski definition) is 1. The SMILES string of the molecule is Cn1c(=O)cc(N2CCC[C@@H]([NH3+])C2)n(Cc2ccccc2C#N)c1=O. The Bertz CT molecular complexity index is 938. The van der Waals surface area contributed by atoms with Gasteiger partial charge in [0.2, 0.25) is 0 Å².